The summed E-state index contributed by atoms with van der Waals surface area (Å²) in [5.41, 5.74) is 9.10. The Morgan fingerprint density at radius 1 is 1.14 bits per heavy atom. The van der Waals surface area contributed by atoms with Crippen LogP contribution in [-0.2, 0) is 23.6 Å². The summed E-state index contributed by atoms with van der Waals surface area (Å²) in [5.74, 6) is 0. The fraction of sp³-hybridized carbons (Fsp3) is 0.333. The molecule has 2 N–H and O–H groups in total. The van der Waals surface area contributed by atoms with Crippen LogP contribution in [0.5, 0.6) is 0 Å². The lowest BCUT2D eigenvalue weighted by atomic mass is 10.1. The molecular weight excluding hydrogens is 286 g/mol. The molecule has 0 radical (unpaired) electrons. The van der Waals surface area contributed by atoms with Crippen molar-refractivity contribution in [2.45, 2.75) is 25.3 Å². The van der Waals surface area contributed by atoms with Crippen molar-refractivity contribution in [3.63, 3.8) is 0 Å². The van der Waals surface area contributed by atoms with Gasteiger partial charge in [-0.2, -0.15) is 0 Å². The summed E-state index contributed by atoms with van der Waals surface area (Å²) >= 11 is 0. The van der Waals surface area contributed by atoms with Crippen LogP contribution in [0.3, 0.4) is 0 Å². The second-order valence-corrected chi connectivity index (χ2v) is 7.27. The zero-order chi connectivity index (χ0) is 15.8. The summed E-state index contributed by atoms with van der Waals surface area (Å²) in [6.07, 6.45) is 1.59. The number of nitrogens with zero attached hydrogens (tertiary/aromatic N) is 2. The van der Waals surface area contributed by atoms with E-state index < -0.39 is 10.0 Å². The summed E-state index contributed by atoms with van der Waals surface area (Å²) in [5, 5.41) is 0. The number of anilines is 1. The highest BCUT2D eigenvalue weighted by Crippen LogP contribution is 2.25. The molecule has 6 heteroatoms. The van der Waals surface area contributed by atoms with Crippen LogP contribution in [0.2, 0.25) is 0 Å². The Bertz CT molecular complexity index is 743. The minimum Gasteiger partial charge on any atom is -0.352 e. The van der Waals surface area contributed by atoms with Gasteiger partial charge in [-0.3, -0.25) is 4.31 Å². The Kier molecular flexibility index (Phi) is 4.11. The fourth-order valence-electron chi connectivity index (χ4n) is 2.35. The van der Waals surface area contributed by atoms with Crippen molar-refractivity contribution in [1.29, 1.82) is 0 Å². The van der Waals surface area contributed by atoms with Crippen molar-refractivity contribution in [2.24, 2.45) is 12.8 Å². The molecule has 0 amide bonds. The Morgan fingerprint density at radius 3 is 2.19 bits per heavy atom. The standard InChI is InChI=1S/C15H21N3O2S/c1-11-5-12(2)7-13(6-11)18(4)21(19,20)15-8-14(9-16)17(3)10-15/h5-8,10H,9,16H2,1-4H3. The van der Waals surface area contributed by atoms with E-state index in [4.69, 9.17) is 5.73 Å². The zero-order valence-electron chi connectivity index (χ0n) is 12.8. The van der Waals surface area contributed by atoms with Crippen LogP contribution in [0.4, 0.5) is 5.69 Å². The van der Waals surface area contributed by atoms with Gasteiger partial charge in [0.15, 0.2) is 0 Å². The third-order valence-electron chi connectivity index (χ3n) is 3.52. The monoisotopic (exact) mass is 307 g/mol. The number of sulfonamides is 1. The predicted octanol–water partition coefficient (Wildman–Crippen LogP) is 1.93. The zero-order valence-corrected chi connectivity index (χ0v) is 13.6. The van der Waals surface area contributed by atoms with Crippen LogP contribution < -0.4 is 10.0 Å². The molecule has 2 aromatic rings. The summed E-state index contributed by atoms with van der Waals surface area (Å²) in [6, 6.07) is 7.35. The first-order valence-corrected chi connectivity index (χ1v) is 8.12. The van der Waals surface area contributed by atoms with Gasteiger partial charge in [0.25, 0.3) is 10.0 Å². The Hall–Kier alpha value is -1.79. The van der Waals surface area contributed by atoms with Crippen LogP contribution >= 0.6 is 0 Å². The second-order valence-electron chi connectivity index (χ2n) is 5.30. The number of aromatic nitrogens is 1. The molecule has 1 heterocycles. The minimum atomic E-state index is -3.58. The van der Waals surface area contributed by atoms with Crippen molar-refractivity contribution in [3.8, 4) is 0 Å². The number of benzene rings is 1. The van der Waals surface area contributed by atoms with Crippen LogP contribution in [-0.4, -0.2) is 20.0 Å². The third-order valence-corrected chi connectivity index (χ3v) is 5.27. The SMILES string of the molecule is Cc1cc(C)cc(N(C)S(=O)(=O)c2cc(CN)n(C)c2)c1. The van der Waals surface area contributed by atoms with E-state index in [-0.39, 0.29) is 4.90 Å². The summed E-state index contributed by atoms with van der Waals surface area (Å²) in [7, 11) is -0.223. The van der Waals surface area contributed by atoms with E-state index in [1.54, 1.807) is 30.9 Å². The van der Waals surface area contributed by atoms with Crippen LogP contribution in [0.15, 0.2) is 35.4 Å². The van der Waals surface area contributed by atoms with Crippen LogP contribution in [0, 0.1) is 13.8 Å². The van der Waals surface area contributed by atoms with Gasteiger partial charge in [-0.15, -0.1) is 0 Å². The molecule has 0 saturated heterocycles. The van der Waals surface area contributed by atoms with E-state index in [2.05, 4.69) is 0 Å². The Labute approximate surface area is 126 Å². The highest BCUT2D eigenvalue weighted by molar-refractivity contribution is 7.92. The van der Waals surface area contributed by atoms with Gasteiger partial charge in [0.2, 0.25) is 0 Å². The molecule has 0 bridgehead atoms. The molecule has 0 unspecified atom stereocenters. The Morgan fingerprint density at radius 2 is 1.71 bits per heavy atom. The van der Waals surface area contributed by atoms with E-state index in [1.165, 1.54) is 4.31 Å². The van der Waals surface area contributed by atoms with E-state index >= 15 is 0 Å². The molecule has 0 fully saturated rings. The van der Waals surface area contributed by atoms with Crippen molar-refractivity contribution in [1.82, 2.24) is 4.57 Å². The number of hydrogen-bond donors (Lipinski definition) is 1. The molecule has 21 heavy (non-hydrogen) atoms. The lowest BCUT2D eigenvalue weighted by Gasteiger charge is -2.19. The molecule has 0 aliphatic rings. The highest BCUT2D eigenvalue weighted by Gasteiger charge is 2.23. The quantitative estimate of drug-likeness (QED) is 0.938. The molecule has 1 aromatic heterocycles. The van der Waals surface area contributed by atoms with E-state index in [9.17, 15) is 8.42 Å². The minimum absolute atomic E-state index is 0.257. The van der Waals surface area contributed by atoms with E-state index in [1.807, 2.05) is 32.0 Å². The molecule has 0 aliphatic heterocycles. The second kappa shape index (κ2) is 5.54. The molecule has 0 atom stereocenters. The van der Waals surface area contributed by atoms with Crippen molar-refractivity contribution < 1.29 is 8.42 Å². The molecule has 0 saturated carbocycles. The van der Waals surface area contributed by atoms with Crippen molar-refractivity contribution in [3.05, 3.63) is 47.3 Å². The van der Waals surface area contributed by atoms with Gasteiger partial charge in [0.1, 0.15) is 4.90 Å². The molecule has 5 nitrogen and oxygen atoms in total. The summed E-state index contributed by atoms with van der Waals surface area (Å²) < 4.78 is 28.5. The van der Waals surface area contributed by atoms with Gasteiger partial charge in [-0.1, -0.05) is 6.07 Å². The summed E-state index contributed by atoms with van der Waals surface area (Å²) in [4.78, 5) is 0.257. The number of hydrogen-bond acceptors (Lipinski definition) is 3. The van der Waals surface area contributed by atoms with Gasteiger partial charge < -0.3 is 10.3 Å². The molecule has 0 spiro atoms. The fourth-order valence-corrected chi connectivity index (χ4v) is 3.63. The van der Waals surface area contributed by atoms with Gasteiger partial charge in [0, 0.05) is 32.5 Å². The number of aryl methyl sites for hydroxylation is 3. The molecule has 2 rings (SSSR count). The average Bonchev–Trinajstić information content (AvgIpc) is 2.78. The smallest absolute Gasteiger partial charge is 0.265 e. The number of rotatable bonds is 4. The topological polar surface area (TPSA) is 68.3 Å². The van der Waals surface area contributed by atoms with Gasteiger partial charge in [-0.05, 0) is 43.2 Å². The number of nitrogens with two attached hydrogens (primary N) is 1. The van der Waals surface area contributed by atoms with E-state index in [0.717, 1.165) is 16.8 Å². The molecule has 0 aliphatic carbocycles. The average molecular weight is 307 g/mol. The van der Waals surface area contributed by atoms with Gasteiger partial charge >= 0.3 is 0 Å². The first-order valence-electron chi connectivity index (χ1n) is 6.68. The van der Waals surface area contributed by atoms with Crippen LogP contribution in [0.1, 0.15) is 16.8 Å². The molecular formula is C15H21N3O2S. The largest absolute Gasteiger partial charge is 0.352 e. The van der Waals surface area contributed by atoms with Gasteiger partial charge in [-0.25, -0.2) is 8.42 Å². The first kappa shape index (κ1) is 15.6. The molecule has 114 valence electrons. The van der Waals surface area contributed by atoms with E-state index in [0.29, 0.717) is 12.2 Å². The molecule has 1 aromatic carbocycles. The highest BCUT2D eigenvalue weighted by atomic mass is 32.2. The Balaban J connectivity index is 2.46. The normalized spacial score (nSPS) is 11.7. The first-order chi connectivity index (χ1) is 9.75. The summed E-state index contributed by atoms with van der Waals surface area (Å²) in [6.45, 7) is 4.21. The van der Waals surface area contributed by atoms with Crippen molar-refractivity contribution >= 4 is 15.7 Å². The predicted molar refractivity (Wildman–Crippen MR) is 84.8 cm³/mol. The van der Waals surface area contributed by atoms with Crippen molar-refractivity contribution in [2.75, 3.05) is 11.4 Å². The third kappa shape index (κ3) is 2.96. The maximum atomic E-state index is 12.7. The lowest BCUT2D eigenvalue weighted by molar-refractivity contribution is 0.594. The maximum Gasteiger partial charge on any atom is 0.265 e. The van der Waals surface area contributed by atoms with Crippen LogP contribution in [0.25, 0.3) is 0 Å². The maximum absolute atomic E-state index is 12.7. The van der Waals surface area contributed by atoms with Gasteiger partial charge in [0.05, 0.1) is 5.69 Å². The lowest BCUT2D eigenvalue weighted by Crippen LogP contribution is -2.26.